The van der Waals surface area contributed by atoms with E-state index < -0.39 is 0 Å². The highest BCUT2D eigenvalue weighted by Gasteiger charge is 1.96. The van der Waals surface area contributed by atoms with Crippen molar-refractivity contribution >= 4 is 11.6 Å². The van der Waals surface area contributed by atoms with Crippen LogP contribution in [0.1, 0.15) is 5.56 Å². The zero-order valence-corrected chi connectivity index (χ0v) is 9.32. The van der Waals surface area contributed by atoms with Crippen molar-refractivity contribution in [2.75, 3.05) is 0 Å². The van der Waals surface area contributed by atoms with E-state index in [9.17, 15) is 0 Å². The first-order chi connectivity index (χ1) is 7.74. The number of phenolic OH excluding ortho intramolecular Hbond substituents is 1. The second kappa shape index (κ2) is 4.90. The van der Waals surface area contributed by atoms with Crippen molar-refractivity contribution in [2.45, 2.75) is 6.61 Å². The van der Waals surface area contributed by atoms with E-state index in [0.717, 1.165) is 11.3 Å². The Morgan fingerprint density at radius 1 is 0.938 bits per heavy atom. The summed E-state index contributed by atoms with van der Waals surface area (Å²) in [6.07, 6.45) is 0. The van der Waals surface area contributed by atoms with E-state index >= 15 is 0 Å². The fourth-order valence-electron chi connectivity index (χ4n) is 1.29. The third kappa shape index (κ3) is 2.91. The van der Waals surface area contributed by atoms with Gasteiger partial charge in [0.15, 0.2) is 0 Å². The van der Waals surface area contributed by atoms with Gasteiger partial charge in [0.05, 0.1) is 0 Å². The van der Waals surface area contributed by atoms with E-state index in [1.165, 1.54) is 0 Å². The zero-order valence-electron chi connectivity index (χ0n) is 8.56. The molecule has 82 valence electrons. The van der Waals surface area contributed by atoms with E-state index in [2.05, 4.69) is 0 Å². The van der Waals surface area contributed by atoms with Crippen LogP contribution in [0.2, 0.25) is 5.02 Å². The topological polar surface area (TPSA) is 29.5 Å². The van der Waals surface area contributed by atoms with Crippen LogP contribution in [0.25, 0.3) is 0 Å². The highest BCUT2D eigenvalue weighted by atomic mass is 35.5. The standard InChI is InChI=1S/C13H11ClO2/c14-11-3-7-13(8-4-11)16-9-10-1-5-12(15)6-2-10/h1-8,15H,9H2. The molecule has 2 nitrogen and oxygen atoms in total. The van der Waals surface area contributed by atoms with E-state index in [4.69, 9.17) is 21.4 Å². The molecule has 0 heterocycles. The van der Waals surface area contributed by atoms with Crippen LogP contribution in [-0.4, -0.2) is 5.11 Å². The smallest absolute Gasteiger partial charge is 0.119 e. The molecule has 1 N–H and O–H groups in total. The number of halogens is 1. The Bertz CT molecular complexity index is 403. The van der Waals surface area contributed by atoms with Crippen molar-refractivity contribution < 1.29 is 9.84 Å². The Hall–Kier alpha value is -1.67. The number of phenols is 1. The van der Waals surface area contributed by atoms with Crippen LogP contribution in [0.3, 0.4) is 0 Å². The van der Waals surface area contributed by atoms with Gasteiger partial charge in [0.1, 0.15) is 18.1 Å². The Kier molecular flexibility index (Phi) is 3.32. The molecule has 2 rings (SSSR count). The van der Waals surface area contributed by atoms with Gasteiger partial charge in [-0.1, -0.05) is 23.7 Å². The van der Waals surface area contributed by atoms with Crippen LogP contribution in [0.15, 0.2) is 48.5 Å². The predicted octanol–water partition coefficient (Wildman–Crippen LogP) is 3.62. The molecule has 0 aliphatic carbocycles. The van der Waals surface area contributed by atoms with Gasteiger partial charge in [-0.15, -0.1) is 0 Å². The summed E-state index contributed by atoms with van der Waals surface area (Å²) in [5, 5.41) is 9.81. The maximum absolute atomic E-state index is 9.12. The molecule has 0 atom stereocenters. The maximum atomic E-state index is 9.12. The van der Waals surface area contributed by atoms with Gasteiger partial charge in [-0.2, -0.15) is 0 Å². The van der Waals surface area contributed by atoms with Crippen LogP contribution < -0.4 is 4.74 Å². The normalized spacial score (nSPS) is 10.1. The lowest BCUT2D eigenvalue weighted by Gasteiger charge is -2.06. The molecule has 0 aliphatic rings. The first-order valence-electron chi connectivity index (χ1n) is 4.90. The lowest BCUT2D eigenvalue weighted by atomic mass is 10.2. The number of benzene rings is 2. The molecule has 0 aliphatic heterocycles. The number of rotatable bonds is 3. The van der Waals surface area contributed by atoms with Crippen LogP contribution in [0.4, 0.5) is 0 Å². The van der Waals surface area contributed by atoms with E-state index in [0.29, 0.717) is 11.6 Å². The van der Waals surface area contributed by atoms with Gasteiger partial charge in [0.25, 0.3) is 0 Å². The third-order valence-electron chi connectivity index (χ3n) is 2.16. The van der Waals surface area contributed by atoms with Crippen LogP contribution in [-0.2, 0) is 6.61 Å². The lowest BCUT2D eigenvalue weighted by molar-refractivity contribution is 0.306. The molecule has 2 aromatic carbocycles. The van der Waals surface area contributed by atoms with Gasteiger partial charge in [-0.25, -0.2) is 0 Å². The lowest BCUT2D eigenvalue weighted by Crippen LogP contribution is -1.94. The molecule has 0 unspecified atom stereocenters. The van der Waals surface area contributed by atoms with Gasteiger partial charge in [-0.3, -0.25) is 0 Å². The Balaban J connectivity index is 1.97. The molecular weight excluding hydrogens is 224 g/mol. The summed E-state index contributed by atoms with van der Waals surface area (Å²) in [6.45, 7) is 0.474. The summed E-state index contributed by atoms with van der Waals surface area (Å²) in [6, 6.07) is 14.1. The maximum Gasteiger partial charge on any atom is 0.119 e. The van der Waals surface area contributed by atoms with Gasteiger partial charge in [0.2, 0.25) is 0 Å². The SMILES string of the molecule is Oc1ccc(COc2ccc(Cl)cc2)cc1. The molecule has 16 heavy (non-hydrogen) atoms. The summed E-state index contributed by atoms with van der Waals surface area (Å²) in [4.78, 5) is 0. The summed E-state index contributed by atoms with van der Waals surface area (Å²) in [5.74, 6) is 1.03. The second-order valence-corrected chi connectivity index (χ2v) is 3.85. The van der Waals surface area contributed by atoms with Crippen molar-refractivity contribution in [3.63, 3.8) is 0 Å². The molecule has 0 saturated heterocycles. The monoisotopic (exact) mass is 234 g/mol. The Morgan fingerprint density at radius 2 is 1.56 bits per heavy atom. The first kappa shape index (κ1) is 10.8. The molecule has 0 saturated carbocycles. The predicted molar refractivity (Wildman–Crippen MR) is 63.9 cm³/mol. The van der Waals surface area contributed by atoms with E-state index in [1.807, 2.05) is 24.3 Å². The summed E-state index contributed by atoms with van der Waals surface area (Å²) in [7, 11) is 0. The Labute approximate surface area is 99.1 Å². The van der Waals surface area contributed by atoms with Crippen molar-refractivity contribution in [1.82, 2.24) is 0 Å². The van der Waals surface area contributed by atoms with Gasteiger partial charge in [0, 0.05) is 5.02 Å². The van der Waals surface area contributed by atoms with Gasteiger partial charge >= 0.3 is 0 Å². The number of aromatic hydroxyl groups is 1. The average molecular weight is 235 g/mol. The Morgan fingerprint density at radius 3 is 2.19 bits per heavy atom. The van der Waals surface area contributed by atoms with Crippen LogP contribution in [0.5, 0.6) is 11.5 Å². The number of hydrogen-bond acceptors (Lipinski definition) is 2. The number of hydrogen-bond donors (Lipinski definition) is 1. The van der Waals surface area contributed by atoms with Crippen LogP contribution in [0, 0.1) is 0 Å². The zero-order chi connectivity index (χ0) is 11.4. The van der Waals surface area contributed by atoms with E-state index in [1.54, 1.807) is 24.3 Å². The van der Waals surface area contributed by atoms with E-state index in [-0.39, 0.29) is 5.75 Å². The largest absolute Gasteiger partial charge is 0.508 e. The quantitative estimate of drug-likeness (QED) is 0.879. The molecule has 0 radical (unpaired) electrons. The second-order valence-electron chi connectivity index (χ2n) is 3.41. The molecule has 3 heteroatoms. The first-order valence-corrected chi connectivity index (χ1v) is 5.28. The van der Waals surface area contributed by atoms with Gasteiger partial charge in [-0.05, 0) is 42.0 Å². The molecule has 0 bridgehead atoms. The minimum absolute atomic E-state index is 0.259. The van der Waals surface area contributed by atoms with Gasteiger partial charge < -0.3 is 9.84 Å². The van der Waals surface area contributed by atoms with Crippen molar-refractivity contribution in [3.05, 3.63) is 59.1 Å². The average Bonchev–Trinajstić information content (AvgIpc) is 2.30. The minimum Gasteiger partial charge on any atom is -0.508 e. The highest BCUT2D eigenvalue weighted by Crippen LogP contribution is 2.17. The van der Waals surface area contributed by atoms with Crippen molar-refractivity contribution in [1.29, 1.82) is 0 Å². The van der Waals surface area contributed by atoms with Crippen molar-refractivity contribution in [3.8, 4) is 11.5 Å². The van der Waals surface area contributed by atoms with Crippen molar-refractivity contribution in [2.24, 2.45) is 0 Å². The minimum atomic E-state index is 0.259. The molecule has 2 aromatic rings. The fraction of sp³-hybridized carbons (Fsp3) is 0.0769. The molecule has 0 spiro atoms. The fourth-order valence-corrected chi connectivity index (χ4v) is 1.42. The summed E-state index contributed by atoms with van der Waals surface area (Å²) >= 11 is 5.76. The van der Waals surface area contributed by atoms with Crippen LogP contribution >= 0.6 is 11.6 Å². The highest BCUT2D eigenvalue weighted by molar-refractivity contribution is 6.30. The summed E-state index contributed by atoms with van der Waals surface area (Å²) < 4.78 is 5.55. The molecular formula is C13H11ClO2. The molecule has 0 aromatic heterocycles. The molecule has 0 amide bonds. The molecule has 0 fully saturated rings. The summed E-state index contributed by atoms with van der Waals surface area (Å²) in [5.41, 5.74) is 1.01. The number of ether oxygens (including phenoxy) is 1. The third-order valence-corrected chi connectivity index (χ3v) is 2.41.